The predicted octanol–water partition coefficient (Wildman–Crippen LogP) is 2.52. The number of benzene rings is 1. The summed E-state index contributed by atoms with van der Waals surface area (Å²) in [6.45, 7) is 4.96. The van der Waals surface area contributed by atoms with Gasteiger partial charge in [-0.15, -0.1) is 12.4 Å². The highest BCUT2D eigenvalue weighted by Gasteiger charge is 2.29. The molecule has 0 saturated carbocycles. The van der Waals surface area contributed by atoms with E-state index in [0.717, 1.165) is 13.1 Å². The largest absolute Gasteiger partial charge is 0.463 e. The third-order valence-corrected chi connectivity index (χ3v) is 4.27. The van der Waals surface area contributed by atoms with Gasteiger partial charge in [0.2, 0.25) is 5.91 Å². The van der Waals surface area contributed by atoms with Crippen molar-refractivity contribution in [3.05, 3.63) is 39.9 Å². The fourth-order valence-electron chi connectivity index (χ4n) is 3.04. The Morgan fingerprint density at radius 1 is 1.30 bits per heavy atom. The summed E-state index contributed by atoms with van der Waals surface area (Å²) in [7, 11) is 0. The highest BCUT2D eigenvalue weighted by Crippen LogP contribution is 2.28. The van der Waals surface area contributed by atoms with Gasteiger partial charge in [0, 0.05) is 12.0 Å². The lowest BCUT2D eigenvalue weighted by molar-refractivity contribution is -0.385. The maximum atomic E-state index is 12.6. The molecule has 0 bridgehead atoms. The number of hydrogen-bond acceptors (Lipinski definition) is 6. The van der Waals surface area contributed by atoms with Gasteiger partial charge >= 0.3 is 5.97 Å². The Morgan fingerprint density at radius 2 is 1.93 bits per heavy atom. The zero-order chi connectivity index (χ0) is 19.1. The number of piperidine rings is 1. The number of halogens is 1. The molecular formula is C18H26ClN3O5. The molecule has 1 aromatic carbocycles. The van der Waals surface area contributed by atoms with Crippen molar-refractivity contribution in [3.63, 3.8) is 0 Å². The maximum Gasteiger partial charge on any atom is 0.308 e. The standard InChI is InChI=1S/C18H25N3O5.ClH/c1-12(2)26-17(22)11-15(14-5-3-4-6-16(14)21(24)25)20-18(23)13-7-9-19-10-8-13;/h3-6,12-13,15,19H,7-11H2,1-2H3,(H,20,23);1H. The average molecular weight is 400 g/mol. The highest BCUT2D eigenvalue weighted by molar-refractivity contribution is 5.85. The molecule has 1 aliphatic heterocycles. The Hall–Kier alpha value is -2.19. The van der Waals surface area contributed by atoms with Crippen molar-refractivity contribution in [1.82, 2.24) is 10.6 Å². The van der Waals surface area contributed by atoms with Crippen molar-refractivity contribution in [2.45, 2.75) is 45.3 Å². The molecule has 0 radical (unpaired) electrons. The van der Waals surface area contributed by atoms with Crippen LogP contribution in [0.2, 0.25) is 0 Å². The molecule has 9 heteroatoms. The minimum atomic E-state index is -0.801. The molecule has 8 nitrogen and oxygen atoms in total. The third-order valence-electron chi connectivity index (χ3n) is 4.27. The summed E-state index contributed by atoms with van der Waals surface area (Å²) in [6, 6.07) is 5.34. The first-order valence-corrected chi connectivity index (χ1v) is 8.82. The molecule has 1 fully saturated rings. The van der Waals surface area contributed by atoms with E-state index in [-0.39, 0.29) is 42.4 Å². The summed E-state index contributed by atoms with van der Waals surface area (Å²) in [4.78, 5) is 35.6. The van der Waals surface area contributed by atoms with E-state index in [2.05, 4.69) is 10.6 Å². The topological polar surface area (TPSA) is 111 Å². The van der Waals surface area contributed by atoms with E-state index in [0.29, 0.717) is 18.4 Å². The SMILES string of the molecule is CC(C)OC(=O)CC(NC(=O)C1CCNCC1)c1ccccc1[N+](=O)[O-].Cl. The molecule has 1 amide bonds. The molecule has 1 atom stereocenters. The number of carbonyl (C=O) groups excluding carboxylic acids is 2. The first-order chi connectivity index (χ1) is 12.4. The molecule has 1 saturated heterocycles. The van der Waals surface area contributed by atoms with Crippen LogP contribution in [0.1, 0.15) is 44.7 Å². The van der Waals surface area contributed by atoms with Crippen molar-refractivity contribution < 1.29 is 19.2 Å². The zero-order valence-corrected chi connectivity index (χ0v) is 16.3. The minimum Gasteiger partial charge on any atom is -0.463 e. The van der Waals surface area contributed by atoms with Gasteiger partial charge in [0.1, 0.15) is 0 Å². The van der Waals surface area contributed by atoms with Crippen molar-refractivity contribution in [2.75, 3.05) is 13.1 Å². The van der Waals surface area contributed by atoms with Crippen LogP contribution in [0.25, 0.3) is 0 Å². The van der Waals surface area contributed by atoms with E-state index < -0.39 is 16.9 Å². The normalized spacial score (nSPS) is 15.5. The van der Waals surface area contributed by atoms with Crippen LogP contribution >= 0.6 is 12.4 Å². The van der Waals surface area contributed by atoms with Gasteiger partial charge in [-0.2, -0.15) is 0 Å². The Morgan fingerprint density at radius 3 is 2.52 bits per heavy atom. The van der Waals surface area contributed by atoms with E-state index >= 15 is 0 Å². The average Bonchev–Trinajstić information content (AvgIpc) is 2.61. The number of esters is 1. The number of rotatable bonds is 7. The summed E-state index contributed by atoms with van der Waals surface area (Å²) in [5.74, 6) is -0.858. The van der Waals surface area contributed by atoms with Crippen LogP contribution in [0.5, 0.6) is 0 Å². The monoisotopic (exact) mass is 399 g/mol. The van der Waals surface area contributed by atoms with Gasteiger partial charge in [-0.25, -0.2) is 0 Å². The summed E-state index contributed by atoms with van der Waals surface area (Å²) >= 11 is 0. The van der Waals surface area contributed by atoms with Gasteiger partial charge in [-0.05, 0) is 39.8 Å². The molecule has 1 heterocycles. The Labute approximate surface area is 164 Å². The lowest BCUT2D eigenvalue weighted by Gasteiger charge is -2.25. The maximum absolute atomic E-state index is 12.6. The van der Waals surface area contributed by atoms with Crippen molar-refractivity contribution in [3.8, 4) is 0 Å². The molecule has 150 valence electrons. The van der Waals surface area contributed by atoms with E-state index in [9.17, 15) is 19.7 Å². The van der Waals surface area contributed by atoms with Crippen LogP contribution < -0.4 is 10.6 Å². The number of nitro groups is 1. The van der Waals surface area contributed by atoms with Crippen LogP contribution in [0.3, 0.4) is 0 Å². The predicted molar refractivity (Wildman–Crippen MR) is 103 cm³/mol. The molecule has 27 heavy (non-hydrogen) atoms. The second-order valence-electron chi connectivity index (χ2n) is 6.64. The summed E-state index contributed by atoms with van der Waals surface area (Å²) < 4.78 is 5.16. The van der Waals surface area contributed by atoms with Gasteiger partial charge < -0.3 is 15.4 Å². The fourth-order valence-corrected chi connectivity index (χ4v) is 3.04. The van der Waals surface area contributed by atoms with Crippen LogP contribution in [-0.4, -0.2) is 36.0 Å². The molecular weight excluding hydrogens is 374 g/mol. The van der Waals surface area contributed by atoms with Gasteiger partial charge in [0.15, 0.2) is 0 Å². The van der Waals surface area contributed by atoms with Crippen molar-refractivity contribution in [1.29, 1.82) is 0 Å². The summed E-state index contributed by atoms with van der Waals surface area (Å²) in [5, 5.41) is 17.4. The Balaban J connectivity index is 0.00000364. The number of nitro benzene ring substituents is 1. The molecule has 2 N–H and O–H groups in total. The van der Waals surface area contributed by atoms with Crippen molar-refractivity contribution in [2.24, 2.45) is 5.92 Å². The minimum absolute atomic E-state index is 0. The Bertz CT molecular complexity index is 662. The first kappa shape index (κ1) is 22.9. The molecule has 0 aromatic heterocycles. The fraction of sp³-hybridized carbons (Fsp3) is 0.556. The lowest BCUT2D eigenvalue weighted by Crippen LogP contribution is -2.40. The quantitative estimate of drug-likeness (QED) is 0.414. The molecule has 1 aliphatic rings. The van der Waals surface area contributed by atoms with Gasteiger partial charge in [-0.1, -0.05) is 18.2 Å². The number of amides is 1. The number of para-hydroxylation sites is 1. The summed E-state index contributed by atoms with van der Waals surface area (Å²) in [5.41, 5.74) is 0.181. The smallest absolute Gasteiger partial charge is 0.308 e. The van der Waals surface area contributed by atoms with Gasteiger partial charge in [-0.3, -0.25) is 19.7 Å². The number of hydrogen-bond donors (Lipinski definition) is 2. The molecule has 2 rings (SSSR count). The van der Waals surface area contributed by atoms with Crippen molar-refractivity contribution >= 4 is 30.0 Å². The number of ether oxygens (including phenoxy) is 1. The van der Waals surface area contributed by atoms with E-state index in [4.69, 9.17) is 4.74 Å². The summed E-state index contributed by atoms with van der Waals surface area (Å²) in [6.07, 6.45) is 0.950. The van der Waals surface area contributed by atoms with Gasteiger partial charge in [0.05, 0.1) is 29.1 Å². The molecule has 1 aromatic rings. The highest BCUT2D eigenvalue weighted by atomic mass is 35.5. The van der Waals surface area contributed by atoms with Crippen LogP contribution in [0, 0.1) is 16.0 Å². The molecule has 1 unspecified atom stereocenters. The second kappa shape index (κ2) is 10.8. The third kappa shape index (κ3) is 6.80. The first-order valence-electron chi connectivity index (χ1n) is 8.82. The van der Waals surface area contributed by atoms with E-state index in [1.165, 1.54) is 6.07 Å². The zero-order valence-electron chi connectivity index (χ0n) is 15.5. The Kier molecular flexibility index (Phi) is 9.17. The van der Waals surface area contributed by atoms with E-state index in [1.54, 1.807) is 32.0 Å². The molecule has 0 spiro atoms. The van der Waals surface area contributed by atoms with Crippen LogP contribution in [0.4, 0.5) is 5.69 Å². The number of nitrogens with zero attached hydrogens (tertiary/aromatic N) is 1. The number of carbonyl (C=O) groups is 2. The van der Waals surface area contributed by atoms with Crippen LogP contribution in [-0.2, 0) is 14.3 Å². The van der Waals surface area contributed by atoms with Gasteiger partial charge in [0.25, 0.3) is 5.69 Å². The second-order valence-corrected chi connectivity index (χ2v) is 6.64. The van der Waals surface area contributed by atoms with Crippen LogP contribution in [0.15, 0.2) is 24.3 Å². The van der Waals surface area contributed by atoms with E-state index in [1.807, 2.05) is 0 Å². The number of nitrogens with one attached hydrogen (secondary N) is 2. The molecule has 0 aliphatic carbocycles. The lowest BCUT2D eigenvalue weighted by atomic mass is 9.95.